The maximum absolute atomic E-state index is 12.5. The van der Waals surface area contributed by atoms with Crippen molar-refractivity contribution >= 4 is 5.78 Å². The summed E-state index contributed by atoms with van der Waals surface area (Å²) in [6, 6.07) is 11.6. The lowest BCUT2D eigenvalue weighted by molar-refractivity contribution is -0.128. The minimum atomic E-state index is -0.598. The predicted molar refractivity (Wildman–Crippen MR) is 66.4 cm³/mol. The van der Waals surface area contributed by atoms with Gasteiger partial charge in [-0.25, -0.2) is 0 Å². The summed E-state index contributed by atoms with van der Waals surface area (Å²) >= 11 is 0. The highest BCUT2D eigenvalue weighted by atomic mass is 16.1. The highest BCUT2D eigenvalue weighted by molar-refractivity contribution is 5.93. The zero-order chi connectivity index (χ0) is 12.3. The smallest absolute Gasteiger partial charge is 0.160 e. The Hall–Kier alpha value is -1.62. The van der Waals surface area contributed by atoms with Crippen molar-refractivity contribution in [3.05, 3.63) is 35.9 Å². The molecule has 0 radical (unpaired) electrons. The number of nitrogens with zero attached hydrogens (tertiary/aromatic N) is 1. The van der Waals surface area contributed by atoms with E-state index < -0.39 is 5.92 Å². The van der Waals surface area contributed by atoms with Gasteiger partial charge in [0.15, 0.2) is 5.78 Å². The zero-order valence-corrected chi connectivity index (χ0v) is 10.1. The van der Waals surface area contributed by atoms with Crippen LogP contribution in [0.3, 0.4) is 0 Å². The maximum atomic E-state index is 12.5. The van der Waals surface area contributed by atoms with E-state index in [1.54, 1.807) is 0 Å². The standard InChI is InChI=1S/C15H17NO/c1-15(9-5-6-10-15)14(17)13(11-16)12-7-3-2-4-8-12/h2-4,7-8,13H,5-6,9-10H2,1H3. The first kappa shape index (κ1) is 11.9. The fourth-order valence-corrected chi connectivity index (χ4v) is 2.68. The molecule has 0 saturated heterocycles. The van der Waals surface area contributed by atoms with Crippen molar-refractivity contribution in [3.8, 4) is 6.07 Å². The van der Waals surface area contributed by atoms with Crippen LogP contribution in [0.1, 0.15) is 44.1 Å². The monoisotopic (exact) mass is 227 g/mol. The third-order valence-corrected chi connectivity index (χ3v) is 3.83. The molecule has 1 atom stereocenters. The summed E-state index contributed by atoms with van der Waals surface area (Å²) in [5.41, 5.74) is 0.545. The third kappa shape index (κ3) is 2.24. The minimum absolute atomic E-state index is 0.101. The number of hydrogen-bond acceptors (Lipinski definition) is 2. The SMILES string of the molecule is CC1(C(=O)C(C#N)c2ccccc2)CCCC1. The molecular formula is C15H17NO. The van der Waals surface area contributed by atoms with Gasteiger partial charge in [0.25, 0.3) is 0 Å². The average molecular weight is 227 g/mol. The molecular weight excluding hydrogens is 210 g/mol. The Morgan fingerprint density at radius 2 is 1.88 bits per heavy atom. The molecule has 1 aliphatic rings. The van der Waals surface area contributed by atoms with Crippen molar-refractivity contribution in [1.82, 2.24) is 0 Å². The van der Waals surface area contributed by atoms with Crippen LogP contribution in [0.15, 0.2) is 30.3 Å². The van der Waals surface area contributed by atoms with E-state index in [2.05, 4.69) is 6.07 Å². The maximum Gasteiger partial charge on any atom is 0.160 e. The van der Waals surface area contributed by atoms with Gasteiger partial charge in [-0.1, -0.05) is 50.1 Å². The van der Waals surface area contributed by atoms with E-state index in [9.17, 15) is 10.1 Å². The van der Waals surface area contributed by atoms with Crippen LogP contribution in [0.4, 0.5) is 0 Å². The van der Waals surface area contributed by atoms with E-state index in [1.165, 1.54) is 0 Å². The van der Waals surface area contributed by atoms with Gasteiger partial charge in [0, 0.05) is 5.41 Å². The Kier molecular flexibility index (Phi) is 3.28. The molecule has 2 heteroatoms. The van der Waals surface area contributed by atoms with Crippen molar-refractivity contribution in [2.45, 2.75) is 38.5 Å². The lowest BCUT2D eigenvalue weighted by Crippen LogP contribution is -2.29. The highest BCUT2D eigenvalue weighted by Crippen LogP contribution is 2.41. The molecule has 0 spiro atoms. The first-order chi connectivity index (χ1) is 8.17. The zero-order valence-electron chi connectivity index (χ0n) is 10.1. The van der Waals surface area contributed by atoms with Gasteiger partial charge in [0.2, 0.25) is 0 Å². The normalized spacial score (nSPS) is 19.5. The van der Waals surface area contributed by atoms with Crippen LogP contribution in [0.25, 0.3) is 0 Å². The van der Waals surface area contributed by atoms with Gasteiger partial charge in [0.1, 0.15) is 5.92 Å². The summed E-state index contributed by atoms with van der Waals surface area (Å²) in [6.07, 6.45) is 4.07. The second-order valence-corrected chi connectivity index (χ2v) is 5.10. The van der Waals surface area contributed by atoms with Crippen LogP contribution in [0.5, 0.6) is 0 Å². The van der Waals surface area contributed by atoms with E-state index in [1.807, 2.05) is 37.3 Å². The quantitative estimate of drug-likeness (QED) is 0.793. The van der Waals surface area contributed by atoms with E-state index in [0.717, 1.165) is 31.2 Å². The molecule has 1 aromatic carbocycles. The number of hydrogen-bond donors (Lipinski definition) is 0. The molecule has 0 amide bonds. The summed E-state index contributed by atoms with van der Waals surface area (Å²) in [5, 5.41) is 9.25. The summed E-state index contributed by atoms with van der Waals surface area (Å²) in [4.78, 5) is 12.5. The number of Topliss-reactive ketones (excluding diaryl/α,β-unsaturated/α-hetero) is 1. The highest BCUT2D eigenvalue weighted by Gasteiger charge is 2.40. The molecule has 0 aromatic heterocycles. The molecule has 1 unspecified atom stereocenters. The third-order valence-electron chi connectivity index (χ3n) is 3.83. The van der Waals surface area contributed by atoms with Crippen molar-refractivity contribution in [2.24, 2.45) is 5.41 Å². The summed E-state index contributed by atoms with van der Waals surface area (Å²) in [5.74, 6) is -0.497. The van der Waals surface area contributed by atoms with Crippen LogP contribution in [0, 0.1) is 16.7 Å². The molecule has 0 aliphatic heterocycles. The summed E-state index contributed by atoms with van der Waals surface area (Å²) in [6.45, 7) is 2.01. The Morgan fingerprint density at radius 1 is 1.29 bits per heavy atom. The lowest BCUT2D eigenvalue weighted by Gasteiger charge is -2.24. The number of carbonyl (C=O) groups excluding carboxylic acids is 1. The molecule has 1 fully saturated rings. The number of nitriles is 1. The van der Waals surface area contributed by atoms with Crippen molar-refractivity contribution in [1.29, 1.82) is 5.26 Å². The lowest BCUT2D eigenvalue weighted by atomic mass is 9.76. The second kappa shape index (κ2) is 4.71. The average Bonchev–Trinajstić information content (AvgIpc) is 2.80. The van der Waals surface area contributed by atoms with Crippen molar-refractivity contribution in [2.75, 3.05) is 0 Å². The van der Waals surface area contributed by atoms with Gasteiger partial charge in [-0.15, -0.1) is 0 Å². The first-order valence-electron chi connectivity index (χ1n) is 6.16. The number of benzene rings is 1. The molecule has 17 heavy (non-hydrogen) atoms. The van der Waals surface area contributed by atoms with Gasteiger partial charge in [-0.2, -0.15) is 5.26 Å². The van der Waals surface area contributed by atoms with Crippen molar-refractivity contribution in [3.63, 3.8) is 0 Å². The van der Waals surface area contributed by atoms with Gasteiger partial charge in [0.05, 0.1) is 6.07 Å². The summed E-state index contributed by atoms with van der Waals surface area (Å²) < 4.78 is 0. The molecule has 1 aromatic rings. The van der Waals surface area contributed by atoms with E-state index in [4.69, 9.17) is 0 Å². The number of carbonyl (C=O) groups is 1. The molecule has 2 rings (SSSR count). The van der Waals surface area contributed by atoms with Gasteiger partial charge in [-0.3, -0.25) is 4.79 Å². The molecule has 0 N–H and O–H groups in total. The molecule has 2 nitrogen and oxygen atoms in total. The van der Waals surface area contributed by atoms with Crippen LogP contribution in [-0.2, 0) is 4.79 Å². The van der Waals surface area contributed by atoms with E-state index >= 15 is 0 Å². The molecule has 88 valence electrons. The van der Waals surface area contributed by atoms with Crippen LogP contribution >= 0.6 is 0 Å². The molecule has 0 bridgehead atoms. The molecule has 1 aliphatic carbocycles. The fraction of sp³-hybridized carbons (Fsp3) is 0.467. The summed E-state index contributed by atoms with van der Waals surface area (Å²) in [7, 11) is 0. The van der Waals surface area contributed by atoms with Gasteiger partial charge in [-0.05, 0) is 18.4 Å². The second-order valence-electron chi connectivity index (χ2n) is 5.10. The largest absolute Gasteiger partial charge is 0.297 e. The Bertz CT molecular complexity index is 438. The van der Waals surface area contributed by atoms with E-state index in [-0.39, 0.29) is 11.2 Å². The van der Waals surface area contributed by atoms with Crippen LogP contribution in [-0.4, -0.2) is 5.78 Å². The molecule has 1 saturated carbocycles. The topological polar surface area (TPSA) is 40.9 Å². The fourth-order valence-electron chi connectivity index (χ4n) is 2.68. The first-order valence-corrected chi connectivity index (χ1v) is 6.16. The van der Waals surface area contributed by atoms with Crippen LogP contribution in [0.2, 0.25) is 0 Å². The van der Waals surface area contributed by atoms with E-state index in [0.29, 0.717) is 0 Å². The predicted octanol–water partition coefficient (Wildman–Crippen LogP) is 3.44. The Labute approximate surface area is 102 Å². The number of rotatable bonds is 3. The van der Waals surface area contributed by atoms with Crippen LogP contribution < -0.4 is 0 Å². The Morgan fingerprint density at radius 3 is 2.41 bits per heavy atom. The minimum Gasteiger partial charge on any atom is -0.297 e. The van der Waals surface area contributed by atoms with Gasteiger partial charge >= 0.3 is 0 Å². The number of ketones is 1. The molecule has 0 heterocycles. The van der Waals surface area contributed by atoms with Gasteiger partial charge < -0.3 is 0 Å². The van der Waals surface area contributed by atoms with Crippen molar-refractivity contribution < 1.29 is 4.79 Å². The Balaban J connectivity index is 2.26.